The summed E-state index contributed by atoms with van der Waals surface area (Å²) in [6.07, 6.45) is 6.47. The molecule has 132 valence electrons. The molecule has 1 saturated carbocycles. The van der Waals surface area contributed by atoms with Crippen LogP contribution in [0.4, 0.5) is 5.69 Å². The number of nitrogens with one attached hydrogen (secondary N) is 1. The fourth-order valence-electron chi connectivity index (χ4n) is 4.35. The number of rotatable bonds is 3. The van der Waals surface area contributed by atoms with E-state index >= 15 is 0 Å². The molecule has 1 aliphatic carbocycles. The van der Waals surface area contributed by atoms with Crippen LogP contribution in [0.3, 0.4) is 0 Å². The molecular formula is C21H26N2OS. The van der Waals surface area contributed by atoms with Gasteiger partial charge in [-0.25, -0.2) is 0 Å². The van der Waals surface area contributed by atoms with Crippen LogP contribution < -0.4 is 10.2 Å². The molecule has 4 heteroatoms. The quantitative estimate of drug-likeness (QED) is 0.873. The maximum Gasteiger partial charge on any atom is 0.241 e. The second kappa shape index (κ2) is 7.30. The van der Waals surface area contributed by atoms with E-state index in [0.717, 1.165) is 12.2 Å². The van der Waals surface area contributed by atoms with Gasteiger partial charge in [0.05, 0.1) is 18.3 Å². The number of amides is 1. The molecule has 2 fully saturated rings. The Morgan fingerprint density at radius 3 is 2.64 bits per heavy atom. The highest BCUT2D eigenvalue weighted by atomic mass is 32.1. The van der Waals surface area contributed by atoms with Crippen molar-refractivity contribution in [3.63, 3.8) is 0 Å². The zero-order valence-electron chi connectivity index (χ0n) is 14.8. The number of nitrogens with zero attached hydrogens (tertiary/aromatic N) is 1. The van der Waals surface area contributed by atoms with Crippen LogP contribution in [0.5, 0.6) is 0 Å². The first kappa shape index (κ1) is 16.8. The zero-order valence-corrected chi connectivity index (χ0v) is 15.6. The Morgan fingerprint density at radius 1 is 1.12 bits per heavy atom. The zero-order chi connectivity index (χ0) is 17.2. The summed E-state index contributed by atoms with van der Waals surface area (Å²) >= 11 is 1.80. The van der Waals surface area contributed by atoms with Crippen molar-refractivity contribution >= 4 is 22.9 Å². The fraction of sp³-hybridized carbons (Fsp3) is 0.476. The van der Waals surface area contributed by atoms with Gasteiger partial charge in [-0.2, -0.15) is 0 Å². The molecule has 1 atom stereocenters. The van der Waals surface area contributed by atoms with Gasteiger partial charge in [-0.3, -0.25) is 4.79 Å². The van der Waals surface area contributed by atoms with Crippen LogP contribution in [0.25, 0.3) is 10.4 Å². The van der Waals surface area contributed by atoms with Crippen molar-refractivity contribution in [2.24, 2.45) is 5.92 Å². The lowest BCUT2D eigenvalue weighted by molar-refractivity contribution is -0.119. The summed E-state index contributed by atoms with van der Waals surface area (Å²) in [5.41, 5.74) is 2.37. The van der Waals surface area contributed by atoms with Gasteiger partial charge in [0, 0.05) is 16.3 Å². The molecule has 1 unspecified atom stereocenters. The Bertz CT molecular complexity index is 734. The Kier molecular flexibility index (Phi) is 4.91. The second-order valence-electron chi connectivity index (χ2n) is 7.28. The van der Waals surface area contributed by atoms with Crippen molar-refractivity contribution in [2.45, 2.75) is 45.1 Å². The number of thiophene rings is 1. The van der Waals surface area contributed by atoms with Crippen molar-refractivity contribution in [2.75, 3.05) is 18.0 Å². The molecule has 1 amide bonds. The van der Waals surface area contributed by atoms with Crippen LogP contribution in [0, 0.1) is 12.8 Å². The number of carbonyl (C=O) groups excluding carboxylic acids is 1. The number of aryl methyl sites for hydroxylation is 1. The average molecular weight is 355 g/mol. The Hall–Kier alpha value is -1.65. The molecular weight excluding hydrogens is 328 g/mol. The fourth-order valence-corrected chi connectivity index (χ4v) is 5.37. The maximum absolute atomic E-state index is 12.8. The van der Waals surface area contributed by atoms with E-state index in [-0.39, 0.29) is 5.91 Å². The number of piperazine rings is 1. The monoisotopic (exact) mass is 354 g/mol. The lowest BCUT2D eigenvalue weighted by atomic mass is 9.82. The van der Waals surface area contributed by atoms with Gasteiger partial charge in [0.2, 0.25) is 5.91 Å². The summed E-state index contributed by atoms with van der Waals surface area (Å²) in [6, 6.07) is 13.0. The van der Waals surface area contributed by atoms with Crippen LogP contribution in [0.2, 0.25) is 0 Å². The van der Waals surface area contributed by atoms with E-state index in [9.17, 15) is 4.79 Å². The first-order chi connectivity index (χ1) is 12.2. The summed E-state index contributed by atoms with van der Waals surface area (Å²) in [5, 5.41) is 3.35. The van der Waals surface area contributed by atoms with Crippen LogP contribution in [-0.4, -0.2) is 25.0 Å². The van der Waals surface area contributed by atoms with Crippen molar-refractivity contribution in [3.8, 4) is 10.4 Å². The number of hydrogen-bond acceptors (Lipinski definition) is 3. The predicted octanol–water partition coefficient (Wildman–Crippen LogP) is 4.61. The molecule has 3 nitrogen and oxygen atoms in total. The summed E-state index contributed by atoms with van der Waals surface area (Å²) in [7, 11) is 0. The largest absolute Gasteiger partial charge is 0.306 e. The highest BCUT2D eigenvalue weighted by Crippen LogP contribution is 2.40. The van der Waals surface area contributed by atoms with E-state index in [4.69, 9.17) is 0 Å². The van der Waals surface area contributed by atoms with Gasteiger partial charge in [-0.1, -0.05) is 49.6 Å². The van der Waals surface area contributed by atoms with Crippen molar-refractivity contribution in [1.29, 1.82) is 0 Å². The van der Waals surface area contributed by atoms with Crippen molar-refractivity contribution in [1.82, 2.24) is 5.32 Å². The molecule has 1 aliphatic heterocycles. The maximum atomic E-state index is 12.8. The molecule has 2 aliphatic rings. The van der Waals surface area contributed by atoms with Crippen LogP contribution in [0.15, 0.2) is 36.4 Å². The third-order valence-electron chi connectivity index (χ3n) is 5.63. The van der Waals surface area contributed by atoms with Crippen molar-refractivity contribution in [3.05, 3.63) is 41.3 Å². The molecule has 2 heterocycles. The van der Waals surface area contributed by atoms with E-state index in [0.29, 0.717) is 18.5 Å². The smallest absolute Gasteiger partial charge is 0.241 e. The molecule has 0 spiro atoms. The average Bonchev–Trinajstić information content (AvgIpc) is 3.04. The number of hydrogen-bond donors (Lipinski definition) is 1. The Balaban J connectivity index is 1.67. The lowest BCUT2D eigenvalue weighted by Crippen LogP contribution is -2.58. The van der Waals surface area contributed by atoms with Crippen LogP contribution in [0.1, 0.15) is 37.0 Å². The van der Waals surface area contributed by atoms with Gasteiger partial charge in [-0.15, -0.1) is 11.3 Å². The topological polar surface area (TPSA) is 32.3 Å². The molecule has 1 saturated heterocycles. The number of carbonyl (C=O) groups is 1. The van der Waals surface area contributed by atoms with Gasteiger partial charge < -0.3 is 10.2 Å². The highest BCUT2D eigenvalue weighted by molar-refractivity contribution is 7.16. The third-order valence-corrected chi connectivity index (χ3v) is 6.72. The first-order valence-electron chi connectivity index (χ1n) is 9.42. The summed E-state index contributed by atoms with van der Waals surface area (Å²) in [6.45, 7) is 3.53. The molecule has 0 bridgehead atoms. The summed E-state index contributed by atoms with van der Waals surface area (Å²) < 4.78 is 0. The molecule has 25 heavy (non-hydrogen) atoms. The van der Waals surface area contributed by atoms with Gasteiger partial charge in [-0.05, 0) is 37.3 Å². The van der Waals surface area contributed by atoms with E-state index < -0.39 is 0 Å². The van der Waals surface area contributed by atoms with Gasteiger partial charge >= 0.3 is 0 Å². The molecule has 2 aromatic rings. The van der Waals surface area contributed by atoms with Gasteiger partial charge in [0.25, 0.3) is 0 Å². The Morgan fingerprint density at radius 2 is 1.88 bits per heavy atom. The lowest BCUT2D eigenvalue weighted by Gasteiger charge is -2.42. The van der Waals surface area contributed by atoms with E-state index in [1.165, 1.54) is 47.4 Å². The Labute approximate surface area is 154 Å². The van der Waals surface area contributed by atoms with Gasteiger partial charge in [0.15, 0.2) is 0 Å². The molecule has 0 radical (unpaired) electrons. The van der Waals surface area contributed by atoms with Crippen LogP contribution in [-0.2, 0) is 4.79 Å². The van der Waals surface area contributed by atoms with Crippen LogP contribution >= 0.6 is 11.3 Å². The normalized spacial score (nSPS) is 22.4. The molecule has 1 aromatic heterocycles. The second-order valence-corrected chi connectivity index (χ2v) is 8.53. The molecule has 1 N–H and O–H groups in total. The minimum Gasteiger partial charge on any atom is -0.306 e. The van der Waals surface area contributed by atoms with Gasteiger partial charge in [0.1, 0.15) is 0 Å². The minimum absolute atomic E-state index is 0.224. The summed E-state index contributed by atoms with van der Waals surface area (Å²) in [4.78, 5) is 17.4. The van der Waals surface area contributed by atoms with E-state index in [2.05, 4.69) is 47.5 Å². The molecule has 1 aromatic carbocycles. The minimum atomic E-state index is 0.224. The highest BCUT2D eigenvalue weighted by Gasteiger charge is 2.36. The van der Waals surface area contributed by atoms with E-state index in [1.807, 2.05) is 6.07 Å². The standard InChI is InChI=1S/C21H26N2OS/c1-15-18(12-20(25-15)17-10-6-3-7-11-17)23-19(13-22-14-21(23)24)16-8-4-2-5-9-16/h3,6-7,10-12,16,19,22H,2,4-5,8-9,13-14H2,1H3. The number of benzene rings is 1. The third kappa shape index (κ3) is 3.38. The predicted molar refractivity (Wildman–Crippen MR) is 105 cm³/mol. The summed E-state index contributed by atoms with van der Waals surface area (Å²) in [5.74, 6) is 0.854. The SMILES string of the molecule is Cc1sc(-c2ccccc2)cc1N1C(=O)CNCC1C1CCCCC1. The number of anilines is 1. The molecule has 4 rings (SSSR count). The van der Waals surface area contributed by atoms with Crippen molar-refractivity contribution < 1.29 is 4.79 Å². The first-order valence-corrected chi connectivity index (χ1v) is 10.2. The van der Waals surface area contributed by atoms with E-state index in [1.54, 1.807) is 11.3 Å².